The summed E-state index contributed by atoms with van der Waals surface area (Å²) < 4.78 is 6.62. The predicted molar refractivity (Wildman–Crippen MR) is 50.6 cm³/mol. The van der Waals surface area contributed by atoms with Crippen LogP contribution in [0.2, 0.25) is 0 Å². The highest BCUT2D eigenvalue weighted by molar-refractivity contribution is 4.83. The number of rotatable bonds is 6. The van der Waals surface area contributed by atoms with E-state index in [1.54, 1.807) is 11.8 Å². The summed E-state index contributed by atoms with van der Waals surface area (Å²) >= 11 is 0. The third-order valence-electron chi connectivity index (χ3n) is 1.94. The van der Waals surface area contributed by atoms with Gasteiger partial charge >= 0.3 is 0 Å². The Hall–Kier alpha value is -0.980. The van der Waals surface area contributed by atoms with Crippen molar-refractivity contribution in [3.8, 4) is 0 Å². The Morgan fingerprint density at radius 3 is 3.00 bits per heavy atom. The molecule has 0 bridgehead atoms. The topological polar surface area (TPSA) is 72.2 Å². The number of aryl methyl sites for hydroxylation is 1. The van der Waals surface area contributed by atoms with Crippen LogP contribution in [0.1, 0.15) is 5.82 Å². The molecule has 0 aliphatic rings. The Morgan fingerprint density at radius 1 is 1.71 bits per heavy atom. The van der Waals surface area contributed by atoms with E-state index in [0.29, 0.717) is 13.2 Å². The van der Waals surface area contributed by atoms with Gasteiger partial charge in [0.25, 0.3) is 0 Å². The highest BCUT2D eigenvalue weighted by Gasteiger charge is 2.07. The molecule has 0 fully saturated rings. The first kappa shape index (κ1) is 11.1. The van der Waals surface area contributed by atoms with Crippen molar-refractivity contribution in [2.75, 3.05) is 20.3 Å². The number of aliphatic hydroxyl groups excluding tert-OH is 1. The van der Waals surface area contributed by atoms with Crippen LogP contribution in [0.5, 0.6) is 0 Å². The molecule has 0 spiro atoms. The lowest BCUT2D eigenvalue weighted by molar-refractivity contribution is 0.127. The molecule has 0 saturated carbocycles. The first-order valence-electron chi connectivity index (χ1n) is 4.44. The highest BCUT2D eigenvalue weighted by Crippen LogP contribution is 1.91. The van der Waals surface area contributed by atoms with Gasteiger partial charge in [0.2, 0.25) is 0 Å². The monoisotopic (exact) mass is 200 g/mol. The Labute approximate surface area is 82.9 Å². The third-order valence-corrected chi connectivity index (χ3v) is 1.94. The number of aromatic nitrogens is 3. The number of methoxy groups -OCH3 is 1. The molecule has 1 aromatic heterocycles. The van der Waals surface area contributed by atoms with E-state index in [2.05, 4.69) is 15.4 Å². The maximum atomic E-state index is 8.97. The third kappa shape index (κ3) is 3.06. The molecule has 1 heterocycles. The fourth-order valence-corrected chi connectivity index (χ4v) is 1.09. The maximum absolute atomic E-state index is 8.97. The van der Waals surface area contributed by atoms with Crippen molar-refractivity contribution in [3.63, 3.8) is 0 Å². The zero-order valence-corrected chi connectivity index (χ0v) is 8.47. The van der Waals surface area contributed by atoms with Crippen LogP contribution in [0.25, 0.3) is 0 Å². The Morgan fingerprint density at radius 2 is 2.50 bits per heavy atom. The minimum Gasteiger partial charge on any atom is -0.395 e. The molecule has 0 aromatic carbocycles. The second-order valence-corrected chi connectivity index (χ2v) is 3.02. The second-order valence-electron chi connectivity index (χ2n) is 3.02. The molecule has 14 heavy (non-hydrogen) atoms. The normalized spacial score (nSPS) is 13.1. The van der Waals surface area contributed by atoms with Gasteiger partial charge in [0.15, 0.2) is 0 Å². The lowest BCUT2D eigenvalue weighted by atomic mass is 10.3. The van der Waals surface area contributed by atoms with Gasteiger partial charge in [-0.2, -0.15) is 5.10 Å². The van der Waals surface area contributed by atoms with E-state index in [-0.39, 0.29) is 12.6 Å². The summed E-state index contributed by atoms with van der Waals surface area (Å²) in [6, 6.07) is -0.0586. The minimum absolute atomic E-state index is 0.0473. The zero-order valence-electron chi connectivity index (χ0n) is 8.47. The Bertz CT molecular complexity index is 264. The van der Waals surface area contributed by atoms with Crippen LogP contribution in [0, 0.1) is 0 Å². The molecule has 1 atom stereocenters. The molecule has 0 radical (unpaired) electrons. The smallest absolute Gasteiger partial charge is 0.140 e. The van der Waals surface area contributed by atoms with E-state index in [1.807, 2.05) is 7.05 Å². The van der Waals surface area contributed by atoms with Gasteiger partial charge in [-0.05, 0) is 0 Å². The van der Waals surface area contributed by atoms with Crippen molar-refractivity contribution >= 4 is 0 Å². The van der Waals surface area contributed by atoms with E-state index in [4.69, 9.17) is 9.84 Å². The van der Waals surface area contributed by atoms with Gasteiger partial charge in [0.1, 0.15) is 12.2 Å². The van der Waals surface area contributed by atoms with Crippen molar-refractivity contribution in [1.82, 2.24) is 20.1 Å². The summed E-state index contributed by atoms with van der Waals surface area (Å²) in [4.78, 5) is 4.05. The van der Waals surface area contributed by atoms with Gasteiger partial charge in [-0.15, -0.1) is 0 Å². The molecular weight excluding hydrogens is 184 g/mol. The molecule has 6 heteroatoms. The van der Waals surface area contributed by atoms with E-state index < -0.39 is 0 Å². The molecular formula is C8H16N4O2. The van der Waals surface area contributed by atoms with E-state index in [1.165, 1.54) is 6.33 Å². The van der Waals surface area contributed by atoms with Crippen molar-refractivity contribution in [1.29, 1.82) is 0 Å². The second kappa shape index (κ2) is 5.69. The summed E-state index contributed by atoms with van der Waals surface area (Å²) in [7, 11) is 3.43. The number of hydrogen-bond donors (Lipinski definition) is 2. The minimum atomic E-state index is -0.0586. The van der Waals surface area contributed by atoms with E-state index in [0.717, 1.165) is 5.82 Å². The molecule has 0 aliphatic heterocycles. The molecule has 0 saturated heterocycles. The zero-order chi connectivity index (χ0) is 10.4. The van der Waals surface area contributed by atoms with Crippen LogP contribution in [0.4, 0.5) is 0 Å². The molecule has 0 aliphatic carbocycles. The molecule has 1 rings (SSSR count). The summed E-state index contributed by atoms with van der Waals surface area (Å²) in [6.45, 7) is 1.10. The summed E-state index contributed by atoms with van der Waals surface area (Å²) in [5.74, 6) is 0.833. The van der Waals surface area contributed by atoms with Gasteiger partial charge in [-0.1, -0.05) is 0 Å². The molecule has 2 N–H and O–H groups in total. The van der Waals surface area contributed by atoms with Gasteiger partial charge in [-0.3, -0.25) is 4.68 Å². The van der Waals surface area contributed by atoms with Crippen molar-refractivity contribution in [2.24, 2.45) is 7.05 Å². The number of nitrogens with one attached hydrogen (secondary N) is 1. The van der Waals surface area contributed by atoms with Crippen LogP contribution >= 0.6 is 0 Å². The molecule has 6 nitrogen and oxygen atoms in total. The molecule has 80 valence electrons. The average molecular weight is 200 g/mol. The largest absolute Gasteiger partial charge is 0.395 e. The maximum Gasteiger partial charge on any atom is 0.140 e. The summed E-state index contributed by atoms with van der Waals surface area (Å²) in [5, 5.41) is 16.0. The van der Waals surface area contributed by atoms with Crippen molar-refractivity contribution in [3.05, 3.63) is 12.2 Å². The quantitative estimate of drug-likeness (QED) is 0.610. The van der Waals surface area contributed by atoms with Crippen LogP contribution < -0.4 is 5.32 Å². The van der Waals surface area contributed by atoms with Gasteiger partial charge in [0.05, 0.1) is 25.8 Å². The summed E-state index contributed by atoms with van der Waals surface area (Å²) in [6.07, 6.45) is 1.50. The Balaban J connectivity index is 2.35. The van der Waals surface area contributed by atoms with Crippen LogP contribution in [0.3, 0.4) is 0 Å². The number of aliphatic hydroxyl groups is 1. The standard InChI is InChI=1S/C8H16N4O2/c1-12-8(10-6-11-12)3-9-7(4-13)5-14-2/h6-7,9,13H,3-5H2,1-2H3. The summed E-state index contributed by atoms with van der Waals surface area (Å²) in [5.41, 5.74) is 0. The number of hydrogen-bond acceptors (Lipinski definition) is 5. The van der Waals surface area contributed by atoms with Crippen molar-refractivity contribution in [2.45, 2.75) is 12.6 Å². The fourth-order valence-electron chi connectivity index (χ4n) is 1.09. The highest BCUT2D eigenvalue weighted by atomic mass is 16.5. The van der Waals surface area contributed by atoms with E-state index >= 15 is 0 Å². The fraction of sp³-hybridized carbons (Fsp3) is 0.750. The van der Waals surface area contributed by atoms with E-state index in [9.17, 15) is 0 Å². The van der Waals surface area contributed by atoms with Gasteiger partial charge in [-0.25, -0.2) is 4.98 Å². The first-order valence-corrected chi connectivity index (χ1v) is 4.44. The predicted octanol–water partition coefficient (Wildman–Crippen LogP) is -1.09. The van der Waals surface area contributed by atoms with Crippen LogP contribution in [0.15, 0.2) is 6.33 Å². The lowest BCUT2D eigenvalue weighted by Crippen LogP contribution is -2.36. The average Bonchev–Trinajstić information content (AvgIpc) is 2.59. The van der Waals surface area contributed by atoms with Crippen LogP contribution in [-0.4, -0.2) is 46.2 Å². The molecule has 1 unspecified atom stereocenters. The van der Waals surface area contributed by atoms with Crippen LogP contribution in [-0.2, 0) is 18.3 Å². The SMILES string of the molecule is COCC(CO)NCc1ncnn1C. The molecule has 1 aromatic rings. The van der Waals surface area contributed by atoms with Gasteiger partial charge in [0, 0.05) is 14.2 Å². The number of nitrogens with zero attached hydrogens (tertiary/aromatic N) is 3. The first-order chi connectivity index (χ1) is 6.77. The Kier molecular flexibility index (Phi) is 4.51. The molecule has 0 amide bonds. The van der Waals surface area contributed by atoms with Gasteiger partial charge < -0.3 is 15.2 Å². The number of ether oxygens (including phenoxy) is 1. The lowest BCUT2D eigenvalue weighted by Gasteiger charge is -2.14. The van der Waals surface area contributed by atoms with Crippen molar-refractivity contribution < 1.29 is 9.84 Å².